The molecule has 0 N–H and O–H groups in total. The number of hydrogen-bond acceptors (Lipinski definition) is 1. The molecule has 0 radical (unpaired) electrons. The van der Waals surface area contributed by atoms with Crippen molar-refractivity contribution >= 4 is 6.29 Å². The zero-order valence-corrected chi connectivity index (χ0v) is 31.6. The van der Waals surface area contributed by atoms with Gasteiger partial charge in [-0.2, -0.15) is 0 Å². The van der Waals surface area contributed by atoms with Crippen LogP contribution in [-0.4, -0.2) is 6.29 Å². The lowest BCUT2D eigenvalue weighted by Gasteiger charge is -2.58. The van der Waals surface area contributed by atoms with Gasteiger partial charge in [-0.3, -0.25) is 0 Å². The summed E-state index contributed by atoms with van der Waals surface area (Å²) in [6.07, 6.45) is 44.5. The van der Waals surface area contributed by atoms with E-state index >= 15 is 0 Å². The molecule has 264 valence electrons. The molecule has 0 heterocycles. The Balaban J connectivity index is 1.09. The van der Waals surface area contributed by atoms with Gasteiger partial charge in [0, 0.05) is 6.42 Å². The Hall–Kier alpha value is -0.850. The number of hydrogen-bond donors (Lipinski definition) is 0. The van der Waals surface area contributed by atoms with Gasteiger partial charge < -0.3 is 4.79 Å². The van der Waals surface area contributed by atoms with Crippen LogP contribution in [0.5, 0.6) is 0 Å². The van der Waals surface area contributed by atoms with Crippen molar-refractivity contribution in [3.05, 3.63) is 23.8 Å². The van der Waals surface area contributed by atoms with Crippen molar-refractivity contribution in [2.75, 3.05) is 0 Å². The summed E-state index contributed by atoms with van der Waals surface area (Å²) in [4.78, 5) is 10.4. The van der Waals surface area contributed by atoms with Gasteiger partial charge >= 0.3 is 0 Å². The molecule has 0 aromatic rings. The average molecular weight is 635 g/mol. The van der Waals surface area contributed by atoms with Crippen LogP contribution in [-0.2, 0) is 4.79 Å². The number of allylic oxidation sites excluding steroid dienone is 4. The van der Waals surface area contributed by atoms with Crippen molar-refractivity contribution in [2.24, 2.45) is 52.3 Å². The van der Waals surface area contributed by atoms with Gasteiger partial charge in [0.25, 0.3) is 0 Å². The summed E-state index contributed by atoms with van der Waals surface area (Å²) in [7, 11) is 0. The summed E-state index contributed by atoms with van der Waals surface area (Å²) < 4.78 is 0. The van der Waals surface area contributed by atoms with Gasteiger partial charge in [0.05, 0.1) is 0 Å². The van der Waals surface area contributed by atoms with Crippen LogP contribution in [0.4, 0.5) is 0 Å². The minimum atomic E-state index is 0.522. The number of unbranched alkanes of at least 4 members (excludes halogenated alkanes) is 12. The molecule has 0 amide bonds. The zero-order chi connectivity index (χ0) is 32.8. The van der Waals surface area contributed by atoms with Gasteiger partial charge in [-0.25, -0.2) is 0 Å². The van der Waals surface area contributed by atoms with Crippen molar-refractivity contribution < 1.29 is 4.79 Å². The van der Waals surface area contributed by atoms with E-state index in [-0.39, 0.29) is 0 Å². The van der Waals surface area contributed by atoms with Gasteiger partial charge in [-0.1, -0.05) is 135 Å². The van der Waals surface area contributed by atoms with Gasteiger partial charge in [0.15, 0.2) is 0 Å². The molecule has 3 saturated carbocycles. The van der Waals surface area contributed by atoms with Crippen LogP contribution in [0.15, 0.2) is 23.8 Å². The summed E-state index contributed by atoms with van der Waals surface area (Å²) in [6.45, 7) is 12.9. The van der Waals surface area contributed by atoms with Gasteiger partial charge in [-0.05, 0) is 136 Å². The highest BCUT2D eigenvalue weighted by atomic mass is 16.1. The second-order valence-electron chi connectivity index (χ2n) is 18.1. The highest BCUT2D eigenvalue weighted by Crippen LogP contribution is 2.67. The molecular weight excluding hydrogens is 556 g/mol. The Morgan fingerprint density at radius 2 is 1.37 bits per heavy atom. The smallest absolute Gasteiger partial charge is 0.119 e. The molecule has 0 bridgehead atoms. The second kappa shape index (κ2) is 19.4. The maximum absolute atomic E-state index is 10.4. The van der Waals surface area contributed by atoms with E-state index in [2.05, 4.69) is 52.8 Å². The molecule has 0 saturated heterocycles. The molecule has 4 aliphatic carbocycles. The fourth-order valence-electron chi connectivity index (χ4n) is 11.7. The number of carbonyl (C=O) groups is 1. The highest BCUT2D eigenvalue weighted by Gasteiger charge is 2.59. The highest BCUT2D eigenvalue weighted by molar-refractivity contribution is 5.48. The molecule has 0 aromatic heterocycles. The minimum absolute atomic E-state index is 0.522. The molecule has 8 atom stereocenters. The van der Waals surface area contributed by atoms with Crippen molar-refractivity contribution in [3.8, 4) is 0 Å². The monoisotopic (exact) mass is 635 g/mol. The maximum Gasteiger partial charge on any atom is 0.119 e. The van der Waals surface area contributed by atoms with Crippen molar-refractivity contribution in [1.82, 2.24) is 0 Å². The van der Waals surface area contributed by atoms with Gasteiger partial charge in [-0.15, -0.1) is 0 Å². The summed E-state index contributed by atoms with van der Waals surface area (Å²) >= 11 is 0. The topological polar surface area (TPSA) is 17.1 Å². The molecule has 1 nitrogen and oxygen atoms in total. The molecule has 3 fully saturated rings. The normalized spacial score (nSPS) is 33.1. The number of carbonyl (C=O) groups excluding carboxylic acids is 1. The summed E-state index contributed by atoms with van der Waals surface area (Å²) in [5, 5.41) is 0. The molecule has 4 aliphatic rings. The van der Waals surface area contributed by atoms with E-state index in [0.717, 1.165) is 60.6 Å². The van der Waals surface area contributed by atoms with Crippen molar-refractivity contribution in [3.63, 3.8) is 0 Å². The van der Waals surface area contributed by atoms with E-state index in [4.69, 9.17) is 0 Å². The lowest BCUT2D eigenvalue weighted by atomic mass is 9.46. The van der Waals surface area contributed by atoms with Crippen molar-refractivity contribution in [2.45, 2.75) is 202 Å². The zero-order valence-electron chi connectivity index (χ0n) is 31.6. The minimum Gasteiger partial charge on any atom is -0.303 e. The van der Waals surface area contributed by atoms with Crippen LogP contribution in [0, 0.1) is 52.3 Å². The number of rotatable bonds is 22. The first-order chi connectivity index (χ1) is 22.3. The molecule has 1 heteroatoms. The molecule has 46 heavy (non-hydrogen) atoms. The average Bonchev–Trinajstić information content (AvgIpc) is 3.39. The van der Waals surface area contributed by atoms with Gasteiger partial charge in [0.1, 0.15) is 6.29 Å². The first-order valence-corrected chi connectivity index (χ1v) is 21.1. The third kappa shape index (κ3) is 10.3. The molecule has 4 unspecified atom stereocenters. The third-order valence-corrected chi connectivity index (χ3v) is 14.5. The predicted octanol–water partition coefficient (Wildman–Crippen LogP) is 14.3. The van der Waals surface area contributed by atoms with Crippen molar-refractivity contribution in [1.29, 1.82) is 0 Å². The van der Waals surface area contributed by atoms with Gasteiger partial charge in [0.2, 0.25) is 0 Å². The van der Waals surface area contributed by atoms with E-state index in [9.17, 15) is 4.79 Å². The fourth-order valence-corrected chi connectivity index (χ4v) is 11.7. The fraction of sp³-hybridized carbons (Fsp3) is 0.889. The van der Waals surface area contributed by atoms with E-state index in [0.29, 0.717) is 10.8 Å². The lowest BCUT2D eigenvalue weighted by molar-refractivity contribution is -0.107. The lowest BCUT2D eigenvalue weighted by Crippen LogP contribution is -2.50. The van der Waals surface area contributed by atoms with E-state index in [1.165, 1.54) is 154 Å². The number of fused-ring (bicyclic) bond motifs is 5. The van der Waals surface area contributed by atoms with Crippen LogP contribution >= 0.6 is 0 Å². The number of aldehydes is 1. The Labute approximate surface area is 288 Å². The molecular formula is C45H78O. The largest absolute Gasteiger partial charge is 0.303 e. The van der Waals surface area contributed by atoms with E-state index in [1.54, 1.807) is 0 Å². The Morgan fingerprint density at radius 1 is 0.717 bits per heavy atom. The van der Waals surface area contributed by atoms with E-state index in [1.807, 2.05) is 5.57 Å². The first-order valence-electron chi connectivity index (χ1n) is 21.1. The predicted molar refractivity (Wildman–Crippen MR) is 201 cm³/mol. The third-order valence-electron chi connectivity index (χ3n) is 14.5. The maximum atomic E-state index is 10.4. The first kappa shape index (κ1) is 38.0. The molecule has 0 aliphatic heterocycles. The van der Waals surface area contributed by atoms with Crippen LogP contribution in [0.2, 0.25) is 0 Å². The standard InChI is InChI=1S/C45H78O/c1-36(2)23-22-24-37(3)41-28-29-42-40-27-26-39-35-38(30-32-44(39,4)43(40)31-33-45(41,42)5)25-20-18-16-14-12-10-8-6-7-9-11-13-15-17-19-21-34-46/h6-7,26,34,36-38,40-43H,8-25,27-33,35H2,1-5H3/t37-,38?,40?,41-,42?,43?,44+,45-/m1/s1. The molecule has 0 aromatic carbocycles. The summed E-state index contributed by atoms with van der Waals surface area (Å²) in [5.74, 6) is 6.67. The SMILES string of the molecule is CC(C)CCC[C@@H](C)[C@H]1CCC2C3CC=C4CC(CCCCCCCCC=CCCCCCCCC=O)CC[C@]4(C)C3CC[C@@]21C. The Morgan fingerprint density at radius 3 is 2.04 bits per heavy atom. The van der Waals surface area contributed by atoms with Crippen LogP contribution in [0.1, 0.15) is 202 Å². The Bertz CT molecular complexity index is 927. The Kier molecular flexibility index (Phi) is 16.0. The van der Waals surface area contributed by atoms with Crippen LogP contribution in [0.3, 0.4) is 0 Å². The summed E-state index contributed by atoms with van der Waals surface area (Å²) in [5.41, 5.74) is 3.05. The van der Waals surface area contributed by atoms with E-state index < -0.39 is 0 Å². The van der Waals surface area contributed by atoms with Crippen LogP contribution < -0.4 is 0 Å². The second-order valence-corrected chi connectivity index (χ2v) is 18.1. The molecule has 0 spiro atoms. The summed E-state index contributed by atoms with van der Waals surface area (Å²) in [6, 6.07) is 0. The van der Waals surface area contributed by atoms with Crippen LogP contribution in [0.25, 0.3) is 0 Å². The molecule has 4 rings (SSSR count). The quantitative estimate of drug-likeness (QED) is 0.0658.